The van der Waals surface area contributed by atoms with Gasteiger partial charge in [0.1, 0.15) is 0 Å². The van der Waals surface area contributed by atoms with Crippen LogP contribution in [0.2, 0.25) is 0 Å². The molecule has 1 aromatic rings. The first-order chi connectivity index (χ1) is 8.08. The number of rotatable bonds is 5. The first-order valence-corrected chi connectivity index (χ1v) is 5.75. The lowest BCUT2D eigenvalue weighted by atomic mass is 10.1. The van der Waals surface area contributed by atoms with E-state index in [0.717, 1.165) is 12.1 Å². The fourth-order valence-corrected chi connectivity index (χ4v) is 1.31. The molecule has 17 heavy (non-hydrogen) atoms. The van der Waals surface area contributed by atoms with Crippen molar-refractivity contribution in [2.75, 3.05) is 27.2 Å². The Morgan fingerprint density at radius 2 is 1.94 bits per heavy atom. The van der Waals surface area contributed by atoms with Crippen molar-refractivity contribution in [1.82, 2.24) is 10.2 Å². The summed E-state index contributed by atoms with van der Waals surface area (Å²) >= 11 is 0. The third kappa shape index (κ3) is 5.88. The van der Waals surface area contributed by atoms with Gasteiger partial charge >= 0.3 is 0 Å². The largest absolute Gasteiger partial charge is 0.351 e. The van der Waals surface area contributed by atoms with Gasteiger partial charge in [0.2, 0.25) is 5.91 Å². The predicted octanol–water partition coefficient (Wildman–Crippen LogP) is 1.69. The molecule has 1 N–H and O–H groups in total. The van der Waals surface area contributed by atoms with E-state index in [1.807, 2.05) is 56.3 Å². The first kappa shape index (κ1) is 13.5. The molecule has 0 radical (unpaired) electrons. The lowest BCUT2D eigenvalue weighted by Crippen LogP contribution is -2.30. The molecule has 0 atom stereocenters. The Morgan fingerprint density at radius 1 is 1.29 bits per heavy atom. The van der Waals surface area contributed by atoms with Gasteiger partial charge in [0.05, 0.1) is 0 Å². The Morgan fingerprint density at radius 3 is 2.53 bits per heavy atom. The summed E-state index contributed by atoms with van der Waals surface area (Å²) in [6.45, 7) is 3.57. The molecule has 3 nitrogen and oxygen atoms in total. The number of nitrogens with one attached hydrogen (secondary N) is 1. The molecule has 3 heteroatoms. The molecule has 0 spiro atoms. The number of hydrogen-bond donors (Lipinski definition) is 1. The van der Waals surface area contributed by atoms with Crippen molar-refractivity contribution in [1.29, 1.82) is 0 Å². The highest BCUT2D eigenvalue weighted by atomic mass is 16.1. The van der Waals surface area contributed by atoms with Gasteiger partial charge in [-0.15, -0.1) is 0 Å². The summed E-state index contributed by atoms with van der Waals surface area (Å²) in [7, 11) is 3.96. The molecule has 0 fully saturated rings. The minimum absolute atomic E-state index is 0.0487. The van der Waals surface area contributed by atoms with Crippen molar-refractivity contribution < 1.29 is 4.79 Å². The molecule has 0 heterocycles. The molecule has 92 valence electrons. The maximum absolute atomic E-state index is 11.4. The van der Waals surface area contributed by atoms with Crippen LogP contribution in [0.5, 0.6) is 0 Å². The van der Waals surface area contributed by atoms with Crippen LogP contribution in [0.4, 0.5) is 0 Å². The van der Waals surface area contributed by atoms with Crippen LogP contribution < -0.4 is 5.32 Å². The highest BCUT2D eigenvalue weighted by Crippen LogP contribution is 2.04. The van der Waals surface area contributed by atoms with Gasteiger partial charge in [0.15, 0.2) is 0 Å². The molecule has 0 bridgehead atoms. The summed E-state index contributed by atoms with van der Waals surface area (Å²) in [4.78, 5) is 13.5. The van der Waals surface area contributed by atoms with Crippen LogP contribution in [0.15, 0.2) is 30.3 Å². The van der Waals surface area contributed by atoms with Gasteiger partial charge in [-0.2, -0.15) is 0 Å². The van der Waals surface area contributed by atoms with Crippen LogP contribution in [0.3, 0.4) is 0 Å². The molecule has 0 unspecified atom stereocenters. The van der Waals surface area contributed by atoms with Gasteiger partial charge in [0, 0.05) is 19.2 Å². The van der Waals surface area contributed by atoms with E-state index in [1.54, 1.807) is 6.08 Å². The number of hydrogen-bond acceptors (Lipinski definition) is 2. The Kier molecular flexibility index (Phi) is 5.43. The van der Waals surface area contributed by atoms with E-state index in [1.165, 1.54) is 5.56 Å². The fourth-order valence-electron chi connectivity index (χ4n) is 1.31. The van der Waals surface area contributed by atoms with Gasteiger partial charge in [-0.05, 0) is 32.7 Å². The second-order valence-electron chi connectivity index (χ2n) is 4.34. The molecule has 1 aromatic carbocycles. The van der Waals surface area contributed by atoms with Crippen LogP contribution in [0.1, 0.15) is 11.1 Å². The average molecular weight is 232 g/mol. The third-order valence-electron chi connectivity index (χ3n) is 2.36. The maximum Gasteiger partial charge on any atom is 0.244 e. The molecule has 1 rings (SSSR count). The fraction of sp³-hybridized carbons (Fsp3) is 0.357. The van der Waals surface area contributed by atoms with E-state index in [-0.39, 0.29) is 5.91 Å². The third-order valence-corrected chi connectivity index (χ3v) is 2.36. The normalized spacial score (nSPS) is 11.1. The molecule has 0 aliphatic rings. The predicted molar refractivity (Wildman–Crippen MR) is 71.8 cm³/mol. The molecule has 1 amide bonds. The summed E-state index contributed by atoms with van der Waals surface area (Å²) in [5.41, 5.74) is 2.26. The number of benzene rings is 1. The smallest absolute Gasteiger partial charge is 0.244 e. The van der Waals surface area contributed by atoms with E-state index in [4.69, 9.17) is 0 Å². The number of carbonyl (C=O) groups is 1. The van der Waals surface area contributed by atoms with Crippen LogP contribution >= 0.6 is 0 Å². The minimum Gasteiger partial charge on any atom is -0.351 e. The Labute approximate surface area is 103 Å². The summed E-state index contributed by atoms with van der Waals surface area (Å²) in [5, 5.41) is 2.83. The van der Waals surface area contributed by atoms with Crippen LogP contribution in [-0.4, -0.2) is 38.0 Å². The summed E-state index contributed by atoms with van der Waals surface area (Å²) in [5.74, 6) is -0.0487. The van der Waals surface area contributed by atoms with Crippen molar-refractivity contribution in [2.24, 2.45) is 0 Å². The highest BCUT2D eigenvalue weighted by Gasteiger charge is 1.95. The minimum atomic E-state index is -0.0487. The first-order valence-electron chi connectivity index (χ1n) is 5.75. The summed E-state index contributed by atoms with van der Waals surface area (Å²) in [6, 6.07) is 8.06. The SMILES string of the molecule is Cc1ccc(/C=C/C(=O)NCCN(C)C)cc1. The molecular weight excluding hydrogens is 212 g/mol. The number of amides is 1. The quantitative estimate of drug-likeness (QED) is 0.783. The maximum atomic E-state index is 11.4. The van der Waals surface area contributed by atoms with Gasteiger partial charge < -0.3 is 10.2 Å². The molecule has 0 saturated heterocycles. The van der Waals surface area contributed by atoms with Gasteiger partial charge in [-0.25, -0.2) is 0 Å². The Hall–Kier alpha value is -1.61. The van der Waals surface area contributed by atoms with Gasteiger partial charge in [0.25, 0.3) is 0 Å². The molecule has 0 aromatic heterocycles. The topological polar surface area (TPSA) is 32.3 Å². The van der Waals surface area contributed by atoms with E-state index in [2.05, 4.69) is 5.32 Å². The van der Waals surface area contributed by atoms with E-state index in [9.17, 15) is 4.79 Å². The van der Waals surface area contributed by atoms with Crippen molar-refractivity contribution in [3.8, 4) is 0 Å². The second-order valence-corrected chi connectivity index (χ2v) is 4.34. The lowest BCUT2D eigenvalue weighted by Gasteiger charge is -2.08. The van der Waals surface area contributed by atoms with Crippen molar-refractivity contribution in [2.45, 2.75) is 6.92 Å². The van der Waals surface area contributed by atoms with Crippen LogP contribution in [0.25, 0.3) is 6.08 Å². The number of aryl methyl sites for hydroxylation is 1. The standard InChI is InChI=1S/C14H20N2O/c1-12-4-6-13(7-5-12)8-9-14(17)15-10-11-16(2)3/h4-9H,10-11H2,1-3H3,(H,15,17)/b9-8+. The number of likely N-dealkylation sites (N-methyl/N-ethyl adjacent to an activating group) is 1. The summed E-state index contributed by atoms with van der Waals surface area (Å²) < 4.78 is 0. The zero-order chi connectivity index (χ0) is 12.7. The van der Waals surface area contributed by atoms with Gasteiger partial charge in [-0.3, -0.25) is 4.79 Å². The molecule has 0 aliphatic heterocycles. The van der Waals surface area contributed by atoms with Crippen molar-refractivity contribution >= 4 is 12.0 Å². The Bertz CT molecular complexity index is 380. The molecule has 0 aliphatic carbocycles. The van der Waals surface area contributed by atoms with Crippen molar-refractivity contribution in [3.05, 3.63) is 41.5 Å². The highest BCUT2D eigenvalue weighted by molar-refractivity contribution is 5.91. The summed E-state index contributed by atoms with van der Waals surface area (Å²) in [6.07, 6.45) is 3.39. The molecule has 0 saturated carbocycles. The Balaban J connectivity index is 2.37. The van der Waals surface area contributed by atoms with Crippen LogP contribution in [-0.2, 0) is 4.79 Å². The van der Waals surface area contributed by atoms with Gasteiger partial charge in [-0.1, -0.05) is 29.8 Å². The number of carbonyl (C=O) groups excluding carboxylic acids is 1. The van der Waals surface area contributed by atoms with E-state index >= 15 is 0 Å². The molecular formula is C14H20N2O. The monoisotopic (exact) mass is 232 g/mol. The zero-order valence-electron chi connectivity index (χ0n) is 10.7. The number of nitrogens with zero attached hydrogens (tertiary/aromatic N) is 1. The van der Waals surface area contributed by atoms with E-state index < -0.39 is 0 Å². The van der Waals surface area contributed by atoms with E-state index in [0.29, 0.717) is 6.54 Å². The zero-order valence-corrected chi connectivity index (χ0v) is 10.7. The average Bonchev–Trinajstić information content (AvgIpc) is 2.28. The van der Waals surface area contributed by atoms with Crippen molar-refractivity contribution in [3.63, 3.8) is 0 Å². The van der Waals surface area contributed by atoms with Crippen LogP contribution in [0, 0.1) is 6.92 Å². The second kappa shape index (κ2) is 6.86. The lowest BCUT2D eigenvalue weighted by molar-refractivity contribution is -0.116.